The van der Waals surface area contributed by atoms with Crippen LogP contribution in [0.25, 0.3) is 0 Å². The van der Waals surface area contributed by atoms with Gasteiger partial charge in [-0.25, -0.2) is 0 Å². The van der Waals surface area contributed by atoms with Crippen LogP contribution in [0.1, 0.15) is 88.1 Å². The summed E-state index contributed by atoms with van der Waals surface area (Å²) >= 11 is 1.67. The number of hydrogen-bond donors (Lipinski definition) is 1. The van der Waals surface area contributed by atoms with Crippen molar-refractivity contribution in [2.75, 3.05) is 5.32 Å². The van der Waals surface area contributed by atoms with E-state index in [2.05, 4.69) is 32.2 Å². The van der Waals surface area contributed by atoms with E-state index in [9.17, 15) is 10.1 Å². The molecule has 5 aliphatic carbocycles. The summed E-state index contributed by atoms with van der Waals surface area (Å²) in [5.41, 5.74) is 2.50. The van der Waals surface area contributed by atoms with Gasteiger partial charge in [0.05, 0.1) is 5.56 Å². The largest absolute Gasteiger partial charge is 0.317 e. The van der Waals surface area contributed by atoms with E-state index in [0.29, 0.717) is 12.3 Å². The van der Waals surface area contributed by atoms with Crippen LogP contribution < -0.4 is 5.32 Å². The Bertz CT molecular complexity index is 833. The highest BCUT2D eigenvalue weighted by Crippen LogP contribution is 2.61. The van der Waals surface area contributed by atoms with Crippen molar-refractivity contribution in [3.05, 3.63) is 16.0 Å². The minimum Gasteiger partial charge on any atom is -0.317 e. The van der Waals surface area contributed by atoms with Crippen molar-refractivity contribution < 1.29 is 4.79 Å². The third-order valence-electron chi connectivity index (χ3n) is 8.56. The van der Waals surface area contributed by atoms with E-state index in [1.807, 2.05) is 0 Å². The molecule has 3 nitrogen and oxygen atoms in total. The molecule has 0 aliphatic heterocycles. The van der Waals surface area contributed by atoms with Gasteiger partial charge in [0.1, 0.15) is 11.1 Å². The van der Waals surface area contributed by atoms with Crippen LogP contribution in [0.2, 0.25) is 0 Å². The molecule has 4 fully saturated rings. The number of rotatable bonds is 3. The van der Waals surface area contributed by atoms with E-state index in [0.717, 1.165) is 47.6 Å². The zero-order valence-corrected chi connectivity index (χ0v) is 19.0. The number of amides is 1. The maximum atomic E-state index is 13.1. The van der Waals surface area contributed by atoms with Crippen molar-refractivity contribution in [1.29, 1.82) is 5.26 Å². The summed E-state index contributed by atoms with van der Waals surface area (Å²) in [6.07, 6.45) is 11.8. The summed E-state index contributed by atoms with van der Waals surface area (Å²) in [5.74, 6) is 3.40. The molecule has 0 aromatic carbocycles. The monoisotopic (exact) mass is 410 g/mol. The number of nitrogens with one attached hydrogen (secondary N) is 1. The van der Waals surface area contributed by atoms with Gasteiger partial charge in [-0.1, -0.05) is 20.8 Å². The predicted octanol–water partition coefficient (Wildman–Crippen LogP) is 6.32. The maximum absolute atomic E-state index is 13.1. The Morgan fingerprint density at radius 1 is 1.17 bits per heavy atom. The molecule has 0 saturated heterocycles. The lowest BCUT2D eigenvalue weighted by atomic mass is 9.49. The molecule has 6 rings (SSSR count). The van der Waals surface area contributed by atoms with E-state index in [-0.39, 0.29) is 16.7 Å². The molecule has 4 bridgehead atoms. The van der Waals surface area contributed by atoms with Crippen LogP contribution in [0.3, 0.4) is 0 Å². The van der Waals surface area contributed by atoms with Gasteiger partial charge in [-0.3, -0.25) is 4.79 Å². The zero-order chi connectivity index (χ0) is 20.4. The lowest BCUT2D eigenvalue weighted by Crippen LogP contribution is -2.47. The van der Waals surface area contributed by atoms with Gasteiger partial charge in [0, 0.05) is 11.3 Å². The Morgan fingerprint density at radius 2 is 1.79 bits per heavy atom. The standard InChI is InChI=1S/C25H34N2OS/c1-24(2,3)18-4-5-19-20(14-26)23(29-21(19)9-18)27-22(28)13-25-10-15-6-16(11-25)8-17(7-15)12-25/h15-18H,4-13H2,1-3H3,(H,27,28)/t15?,16?,17?,18-,25?/m0/s1. The third kappa shape index (κ3) is 3.54. The van der Waals surface area contributed by atoms with Gasteiger partial charge < -0.3 is 5.32 Å². The van der Waals surface area contributed by atoms with Crippen LogP contribution >= 0.6 is 11.3 Å². The Kier molecular flexibility index (Phi) is 4.63. The number of nitrogens with zero attached hydrogens (tertiary/aromatic N) is 1. The number of nitriles is 1. The molecule has 1 atom stereocenters. The first-order valence-corrected chi connectivity index (χ1v) is 12.4. The fourth-order valence-corrected chi connectivity index (χ4v) is 8.84. The van der Waals surface area contributed by atoms with E-state index < -0.39 is 0 Å². The predicted molar refractivity (Wildman–Crippen MR) is 118 cm³/mol. The van der Waals surface area contributed by atoms with Gasteiger partial charge in [-0.05, 0) is 97.9 Å². The summed E-state index contributed by atoms with van der Waals surface area (Å²) in [6.45, 7) is 6.95. The average Bonchev–Trinajstić information content (AvgIpc) is 2.95. The van der Waals surface area contributed by atoms with Gasteiger partial charge in [-0.15, -0.1) is 11.3 Å². The van der Waals surface area contributed by atoms with Crippen LogP contribution in [0, 0.1) is 45.8 Å². The Labute approximate surface area is 179 Å². The summed E-state index contributed by atoms with van der Waals surface area (Å²) in [7, 11) is 0. The molecule has 156 valence electrons. The van der Waals surface area contributed by atoms with Gasteiger partial charge >= 0.3 is 0 Å². The van der Waals surface area contributed by atoms with Crippen molar-refractivity contribution in [3.63, 3.8) is 0 Å². The van der Waals surface area contributed by atoms with Crippen LogP contribution in [0.15, 0.2) is 0 Å². The number of carbonyl (C=O) groups is 1. The Balaban J connectivity index is 1.32. The quantitative estimate of drug-likeness (QED) is 0.634. The minimum atomic E-state index is 0.148. The number of fused-ring (bicyclic) bond motifs is 1. The SMILES string of the molecule is CC(C)(C)[C@H]1CCc2c(sc(NC(=O)CC34CC5CC(CC(C5)C3)C4)c2C#N)C1. The second-order valence-corrected chi connectivity index (χ2v) is 12.9. The topological polar surface area (TPSA) is 52.9 Å². The molecule has 0 spiro atoms. The second-order valence-electron chi connectivity index (χ2n) is 11.8. The van der Waals surface area contributed by atoms with Crippen molar-refractivity contribution in [2.45, 2.75) is 85.0 Å². The van der Waals surface area contributed by atoms with Crippen molar-refractivity contribution in [2.24, 2.45) is 34.5 Å². The molecule has 0 unspecified atom stereocenters. The highest BCUT2D eigenvalue weighted by Gasteiger charge is 2.51. The van der Waals surface area contributed by atoms with Gasteiger partial charge in [-0.2, -0.15) is 5.26 Å². The van der Waals surface area contributed by atoms with E-state index in [1.165, 1.54) is 49.0 Å². The van der Waals surface area contributed by atoms with E-state index in [1.54, 1.807) is 11.3 Å². The number of anilines is 1. The first-order valence-electron chi connectivity index (χ1n) is 11.6. The summed E-state index contributed by atoms with van der Waals surface area (Å²) in [5, 5.41) is 13.8. The maximum Gasteiger partial charge on any atom is 0.225 e. The van der Waals surface area contributed by atoms with Crippen LogP contribution in [0.5, 0.6) is 0 Å². The summed E-state index contributed by atoms with van der Waals surface area (Å²) in [4.78, 5) is 14.4. The highest BCUT2D eigenvalue weighted by atomic mass is 32.1. The smallest absolute Gasteiger partial charge is 0.225 e. The molecular weight excluding hydrogens is 376 g/mol. The lowest BCUT2D eigenvalue weighted by Gasteiger charge is -2.56. The summed E-state index contributed by atoms with van der Waals surface area (Å²) in [6, 6.07) is 2.42. The molecule has 4 heteroatoms. The number of carbonyl (C=O) groups excluding carboxylic acids is 1. The summed E-state index contributed by atoms with van der Waals surface area (Å²) < 4.78 is 0. The van der Waals surface area contributed by atoms with Gasteiger partial charge in [0.15, 0.2) is 0 Å². The normalized spacial score (nSPS) is 35.2. The Hall–Kier alpha value is -1.34. The third-order valence-corrected chi connectivity index (χ3v) is 9.73. The molecular formula is C25H34N2OS. The zero-order valence-electron chi connectivity index (χ0n) is 18.1. The lowest BCUT2D eigenvalue weighted by molar-refractivity contribution is -0.124. The molecule has 1 aromatic heterocycles. The van der Waals surface area contributed by atoms with Crippen LogP contribution in [-0.2, 0) is 17.6 Å². The van der Waals surface area contributed by atoms with Crippen molar-refractivity contribution in [3.8, 4) is 6.07 Å². The molecule has 1 amide bonds. The molecule has 1 N–H and O–H groups in total. The van der Waals surface area contributed by atoms with Crippen molar-refractivity contribution in [1.82, 2.24) is 0 Å². The molecule has 1 heterocycles. The van der Waals surface area contributed by atoms with Gasteiger partial charge in [0.25, 0.3) is 0 Å². The van der Waals surface area contributed by atoms with Crippen LogP contribution in [-0.4, -0.2) is 5.91 Å². The molecule has 0 radical (unpaired) electrons. The van der Waals surface area contributed by atoms with Crippen LogP contribution in [0.4, 0.5) is 5.00 Å². The first kappa shape index (κ1) is 19.6. The molecule has 4 saturated carbocycles. The Morgan fingerprint density at radius 3 is 2.34 bits per heavy atom. The van der Waals surface area contributed by atoms with Crippen molar-refractivity contribution >= 4 is 22.2 Å². The number of hydrogen-bond acceptors (Lipinski definition) is 3. The highest BCUT2D eigenvalue weighted by molar-refractivity contribution is 7.16. The first-order chi connectivity index (χ1) is 13.7. The minimum absolute atomic E-state index is 0.148. The van der Waals surface area contributed by atoms with E-state index in [4.69, 9.17) is 0 Å². The fourth-order valence-electron chi connectivity index (χ4n) is 7.55. The average molecular weight is 411 g/mol. The second kappa shape index (κ2) is 6.84. The molecule has 1 aromatic rings. The fraction of sp³-hybridized carbons (Fsp3) is 0.760. The molecule has 29 heavy (non-hydrogen) atoms. The number of thiophene rings is 1. The van der Waals surface area contributed by atoms with Gasteiger partial charge in [0.2, 0.25) is 5.91 Å². The molecule has 5 aliphatic rings. The van der Waals surface area contributed by atoms with E-state index >= 15 is 0 Å².